The zero-order valence-electron chi connectivity index (χ0n) is 22.9. The summed E-state index contributed by atoms with van der Waals surface area (Å²) in [6.45, 7) is 0. The molecule has 1 aromatic heterocycles. The molecule has 0 spiro atoms. The van der Waals surface area contributed by atoms with E-state index < -0.39 is 8.07 Å². The monoisotopic (exact) mass is 556 g/mol. The highest BCUT2D eigenvalue weighted by Gasteiger charge is 2.47. The van der Waals surface area contributed by atoms with Gasteiger partial charge in [-0.15, -0.1) is 0 Å². The molecule has 7 rings (SSSR count). The van der Waals surface area contributed by atoms with E-state index >= 15 is 0 Å². The first kappa shape index (κ1) is 25.6. The molecule has 0 bridgehead atoms. The minimum atomic E-state index is -3.02. The van der Waals surface area contributed by atoms with Gasteiger partial charge < -0.3 is 5.32 Å². The predicted octanol–water partition coefficient (Wildman–Crippen LogP) is 6.36. The molecule has 6 aromatic rings. The third-order valence-corrected chi connectivity index (χ3v) is 12.8. The molecule has 1 heterocycles. The lowest BCUT2D eigenvalue weighted by Gasteiger charge is -2.37. The van der Waals surface area contributed by atoms with Crippen molar-refractivity contribution in [1.82, 2.24) is 4.98 Å². The molecule has 42 heavy (non-hydrogen) atoms. The highest BCUT2D eigenvalue weighted by Crippen LogP contribution is 2.35. The van der Waals surface area contributed by atoms with E-state index in [1.54, 1.807) is 6.20 Å². The summed E-state index contributed by atoms with van der Waals surface area (Å²) in [5.41, 5.74) is 4.33. The van der Waals surface area contributed by atoms with Gasteiger partial charge in [0.1, 0.15) is 0 Å². The fourth-order valence-electron chi connectivity index (χ4n) is 6.18. The number of hydrogen-bond donors (Lipinski definition) is 1. The van der Waals surface area contributed by atoms with Crippen molar-refractivity contribution in [2.24, 2.45) is 0 Å². The average Bonchev–Trinajstić information content (AvgIpc) is 3.06. The zero-order chi connectivity index (χ0) is 28.4. The van der Waals surface area contributed by atoms with Crippen LogP contribution in [0.25, 0.3) is 22.6 Å². The van der Waals surface area contributed by atoms with Gasteiger partial charge in [0.2, 0.25) is 0 Å². The van der Waals surface area contributed by atoms with E-state index in [4.69, 9.17) is 0 Å². The average molecular weight is 557 g/mol. The SMILES string of the molecule is O=C1C(=CNc2cccc3cccnc23)c2ccccc2C=C1[Si](c1ccccc1)(c1ccccc1)c1ccccc1. The number of nitrogens with zero attached hydrogens (tertiary/aromatic N) is 1. The molecular weight excluding hydrogens is 529 g/mol. The summed E-state index contributed by atoms with van der Waals surface area (Å²) in [5.74, 6) is 0.0395. The molecule has 5 aromatic carbocycles. The van der Waals surface area contributed by atoms with Gasteiger partial charge in [0, 0.05) is 28.6 Å². The second-order valence-corrected chi connectivity index (χ2v) is 14.2. The minimum absolute atomic E-state index is 0.0395. The van der Waals surface area contributed by atoms with Crippen LogP contribution in [0.4, 0.5) is 5.69 Å². The number of carbonyl (C=O) groups excluding carboxylic acids is 1. The molecule has 1 aliphatic carbocycles. The molecule has 0 aliphatic heterocycles. The largest absolute Gasteiger partial charge is 0.359 e. The van der Waals surface area contributed by atoms with E-state index in [0.29, 0.717) is 5.57 Å². The van der Waals surface area contributed by atoms with Crippen LogP contribution in [0.15, 0.2) is 163 Å². The van der Waals surface area contributed by atoms with Gasteiger partial charge in [-0.3, -0.25) is 9.78 Å². The van der Waals surface area contributed by atoms with Gasteiger partial charge in [-0.2, -0.15) is 0 Å². The van der Waals surface area contributed by atoms with Crippen molar-refractivity contribution < 1.29 is 4.79 Å². The molecule has 0 radical (unpaired) electrons. The van der Waals surface area contributed by atoms with Gasteiger partial charge in [-0.1, -0.05) is 140 Å². The van der Waals surface area contributed by atoms with Crippen molar-refractivity contribution in [1.29, 1.82) is 0 Å². The number of benzene rings is 5. The van der Waals surface area contributed by atoms with Gasteiger partial charge in [-0.05, 0) is 38.8 Å². The predicted molar refractivity (Wildman–Crippen MR) is 177 cm³/mol. The summed E-state index contributed by atoms with van der Waals surface area (Å²) in [4.78, 5) is 19.6. The zero-order valence-corrected chi connectivity index (χ0v) is 23.9. The Hall–Kier alpha value is -5.32. The van der Waals surface area contributed by atoms with Crippen molar-refractivity contribution in [3.05, 3.63) is 174 Å². The second kappa shape index (κ2) is 10.9. The summed E-state index contributed by atoms with van der Waals surface area (Å²) in [6, 6.07) is 49.9. The maximum Gasteiger partial charge on any atom is 0.188 e. The van der Waals surface area contributed by atoms with Crippen LogP contribution in [0.3, 0.4) is 0 Å². The van der Waals surface area contributed by atoms with Crippen LogP contribution in [0.2, 0.25) is 0 Å². The molecule has 4 heteroatoms. The van der Waals surface area contributed by atoms with Crippen LogP contribution in [0.5, 0.6) is 0 Å². The van der Waals surface area contributed by atoms with Crippen LogP contribution in [0.1, 0.15) is 11.1 Å². The van der Waals surface area contributed by atoms with Gasteiger partial charge in [0.15, 0.2) is 13.9 Å². The number of fused-ring (bicyclic) bond motifs is 2. The van der Waals surface area contributed by atoms with Crippen molar-refractivity contribution in [2.75, 3.05) is 5.32 Å². The van der Waals surface area contributed by atoms with Gasteiger partial charge in [-0.25, -0.2) is 0 Å². The van der Waals surface area contributed by atoms with E-state index in [1.165, 1.54) is 15.6 Å². The number of Topliss-reactive ketones (excluding diaryl/α,β-unsaturated/α-hetero) is 1. The molecular formula is C38H28N2OSi. The minimum Gasteiger partial charge on any atom is -0.359 e. The number of ketones is 1. The molecule has 0 fully saturated rings. The normalized spacial score (nSPS) is 14.0. The molecule has 0 atom stereocenters. The topological polar surface area (TPSA) is 42.0 Å². The number of para-hydroxylation sites is 1. The molecule has 0 unspecified atom stereocenters. The van der Waals surface area contributed by atoms with Gasteiger partial charge in [0.05, 0.1) is 11.2 Å². The molecule has 3 nitrogen and oxygen atoms in total. The highest BCUT2D eigenvalue weighted by atomic mass is 28.3. The van der Waals surface area contributed by atoms with E-state index in [1.807, 2.05) is 72.9 Å². The van der Waals surface area contributed by atoms with Crippen molar-refractivity contribution in [3.63, 3.8) is 0 Å². The maximum absolute atomic E-state index is 15.0. The first-order chi connectivity index (χ1) is 20.8. The highest BCUT2D eigenvalue weighted by molar-refractivity contribution is 7.19. The summed E-state index contributed by atoms with van der Waals surface area (Å²) in [7, 11) is -3.02. The summed E-state index contributed by atoms with van der Waals surface area (Å²) >= 11 is 0. The molecule has 1 N–H and O–H groups in total. The fourth-order valence-corrected chi connectivity index (χ4v) is 11.0. The van der Waals surface area contributed by atoms with Crippen LogP contribution in [-0.4, -0.2) is 18.8 Å². The molecule has 0 amide bonds. The van der Waals surface area contributed by atoms with Crippen LogP contribution < -0.4 is 20.9 Å². The lowest BCUT2D eigenvalue weighted by Crippen LogP contribution is -2.70. The number of nitrogens with one attached hydrogen (secondary N) is 1. The second-order valence-electron chi connectivity index (χ2n) is 10.4. The Morgan fingerprint density at radius 2 is 1.17 bits per heavy atom. The third kappa shape index (κ3) is 4.30. The summed E-state index contributed by atoms with van der Waals surface area (Å²) < 4.78 is 0. The Kier molecular flexibility index (Phi) is 6.66. The third-order valence-electron chi connectivity index (χ3n) is 8.07. The van der Waals surface area contributed by atoms with E-state index in [9.17, 15) is 4.79 Å². The fraction of sp³-hybridized carbons (Fsp3) is 0. The van der Waals surface area contributed by atoms with E-state index in [2.05, 4.69) is 95.2 Å². The van der Waals surface area contributed by atoms with Crippen LogP contribution in [0, 0.1) is 0 Å². The summed E-state index contributed by atoms with van der Waals surface area (Å²) in [6.07, 6.45) is 5.81. The van der Waals surface area contributed by atoms with Crippen LogP contribution >= 0.6 is 0 Å². The smallest absolute Gasteiger partial charge is 0.188 e. The lowest BCUT2D eigenvalue weighted by atomic mass is 9.92. The number of carbonyl (C=O) groups is 1. The standard InChI is InChI=1S/C38H28N2OSi/c41-38-34(27-40-35-24-12-15-28-16-13-25-39-37(28)35)33-23-11-10-14-29(33)26-36(38)42(30-17-4-1-5-18-30,31-19-6-2-7-20-31)32-21-8-3-9-22-32/h1-27,40H. The Bertz CT molecular complexity index is 1860. The Morgan fingerprint density at radius 1 is 0.595 bits per heavy atom. The number of aromatic nitrogens is 1. The quantitative estimate of drug-likeness (QED) is 0.147. The molecule has 1 aliphatic rings. The number of allylic oxidation sites excluding steroid dienone is 2. The molecule has 0 saturated carbocycles. The number of rotatable bonds is 6. The van der Waals surface area contributed by atoms with E-state index in [0.717, 1.165) is 32.9 Å². The van der Waals surface area contributed by atoms with Crippen LogP contribution in [-0.2, 0) is 4.79 Å². The summed E-state index contributed by atoms with van der Waals surface area (Å²) in [5, 5.41) is 8.87. The number of hydrogen-bond acceptors (Lipinski definition) is 3. The first-order valence-electron chi connectivity index (χ1n) is 14.1. The van der Waals surface area contributed by atoms with Crippen molar-refractivity contribution in [2.45, 2.75) is 0 Å². The molecule has 0 saturated heterocycles. The van der Waals surface area contributed by atoms with Crippen molar-refractivity contribution in [3.8, 4) is 0 Å². The Balaban J connectivity index is 1.48. The number of pyridine rings is 1. The van der Waals surface area contributed by atoms with Crippen molar-refractivity contribution >= 4 is 57.7 Å². The van der Waals surface area contributed by atoms with E-state index in [-0.39, 0.29) is 5.78 Å². The Labute approximate surface area is 246 Å². The first-order valence-corrected chi connectivity index (χ1v) is 16.1. The van der Waals surface area contributed by atoms with Gasteiger partial charge >= 0.3 is 0 Å². The lowest BCUT2D eigenvalue weighted by molar-refractivity contribution is -0.110. The Morgan fingerprint density at radius 3 is 1.81 bits per heavy atom. The van der Waals surface area contributed by atoms with Gasteiger partial charge in [0.25, 0.3) is 0 Å². The number of anilines is 1. The maximum atomic E-state index is 15.0. The molecule has 200 valence electrons.